The first-order chi connectivity index (χ1) is 6.20. The fourth-order valence-electron chi connectivity index (χ4n) is 1.04. The zero-order chi connectivity index (χ0) is 9.84. The lowest BCUT2D eigenvalue weighted by Gasteiger charge is -2.14. The van der Waals surface area contributed by atoms with Gasteiger partial charge in [0.1, 0.15) is 5.75 Å². The van der Waals surface area contributed by atoms with Gasteiger partial charge in [0, 0.05) is 16.2 Å². The zero-order valence-corrected chi connectivity index (χ0v) is 8.78. The molecule has 1 heterocycles. The number of aliphatic hydroxyl groups excluding tert-OH is 1. The van der Waals surface area contributed by atoms with Gasteiger partial charge in [-0.1, -0.05) is 0 Å². The standard InChI is InChI=1S/C8H11BrN2O2/c1-13-7-3-11-2-5(9)8(7)6(10)4-12/h2-3,6,12H,4,10H2,1H3/t6-/m0/s1. The maximum Gasteiger partial charge on any atom is 0.143 e. The van der Waals surface area contributed by atoms with Crippen LogP contribution in [-0.4, -0.2) is 23.8 Å². The Morgan fingerprint density at radius 1 is 1.69 bits per heavy atom. The van der Waals surface area contributed by atoms with Crippen LogP contribution >= 0.6 is 15.9 Å². The summed E-state index contributed by atoms with van der Waals surface area (Å²) in [6, 6.07) is -0.452. The molecule has 5 heteroatoms. The van der Waals surface area contributed by atoms with Gasteiger partial charge in [-0.25, -0.2) is 0 Å². The molecule has 1 aromatic rings. The van der Waals surface area contributed by atoms with Crippen LogP contribution in [0.1, 0.15) is 11.6 Å². The lowest BCUT2D eigenvalue weighted by molar-refractivity contribution is 0.264. The van der Waals surface area contributed by atoms with Crippen LogP contribution in [0.15, 0.2) is 16.9 Å². The van der Waals surface area contributed by atoms with Crippen molar-refractivity contribution in [2.75, 3.05) is 13.7 Å². The minimum Gasteiger partial charge on any atom is -0.495 e. The molecular weight excluding hydrogens is 236 g/mol. The minimum absolute atomic E-state index is 0.126. The normalized spacial score (nSPS) is 12.6. The molecule has 0 fully saturated rings. The van der Waals surface area contributed by atoms with Crippen molar-refractivity contribution in [2.45, 2.75) is 6.04 Å². The van der Waals surface area contributed by atoms with Crippen molar-refractivity contribution >= 4 is 15.9 Å². The second-order valence-corrected chi connectivity index (χ2v) is 3.38. The van der Waals surface area contributed by atoms with Gasteiger partial charge in [0.05, 0.1) is 26.0 Å². The Labute approximate surface area is 84.9 Å². The summed E-state index contributed by atoms with van der Waals surface area (Å²) >= 11 is 3.30. The number of rotatable bonds is 3. The number of ether oxygens (including phenoxy) is 1. The van der Waals surface area contributed by atoms with E-state index in [1.54, 1.807) is 12.4 Å². The number of hydrogen-bond donors (Lipinski definition) is 2. The summed E-state index contributed by atoms with van der Waals surface area (Å²) in [7, 11) is 1.54. The number of aromatic nitrogens is 1. The Bertz CT molecular complexity index is 293. The zero-order valence-electron chi connectivity index (χ0n) is 7.20. The van der Waals surface area contributed by atoms with E-state index in [-0.39, 0.29) is 6.61 Å². The number of methoxy groups -OCH3 is 1. The quantitative estimate of drug-likeness (QED) is 0.830. The first-order valence-corrected chi connectivity index (χ1v) is 4.53. The molecule has 0 spiro atoms. The van der Waals surface area contributed by atoms with Crippen molar-refractivity contribution in [1.29, 1.82) is 0 Å². The molecule has 1 rings (SSSR count). The van der Waals surface area contributed by atoms with Crippen molar-refractivity contribution < 1.29 is 9.84 Å². The molecule has 0 radical (unpaired) electrons. The summed E-state index contributed by atoms with van der Waals surface area (Å²) in [5.41, 5.74) is 6.42. The van der Waals surface area contributed by atoms with Gasteiger partial charge in [-0.15, -0.1) is 0 Å². The number of nitrogens with two attached hydrogens (primary N) is 1. The van der Waals surface area contributed by atoms with Gasteiger partial charge in [0.2, 0.25) is 0 Å². The van der Waals surface area contributed by atoms with Gasteiger partial charge < -0.3 is 15.6 Å². The topological polar surface area (TPSA) is 68.4 Å². The first kappa shape index (κ1) is 10.4. The molecule has 1 aromatic heterocycles. The Morgan fingerprint density at radius 2 is 2.38 bits per heavy atom. The predicted octanol–water partition coefficient (Wildman–Crippen LogP) is 0.845. The van der Waals surface area contributed by atoms with Crippen molar-refractivity contribution in [1.82, 2.24) is 4.98 Å². The van der Waals surface area contributed by atoms with Gasteiger partial charge in [0.25, 0.3) is 0 Å². The van der Waals surface area contributed by atoms with E-state index in [0.29, 0.717) is 5.75 Å². The van der Waals surface area contributed by atoms with Crippen LogP contribution in [0, 0.1) is 0 Å². The summed E-state index contributed by atoms with van der Waals surface area (Å²) in [5, 5.41) is 8.91. The largest absolute Gasteiger partial charge is 0.495 e. The van der Waals surface area contributed by atoms with Crippen LogP contribution in [0.2, 0.25) is 0 Å². The average Bonchev–Trinajstić information content (AvgIpc) is 2.16. The molecule has 0 saturated carbocycles. The maximum atomic E-state index is 8.91. The molecule has 1 atom stereocenters. The highest BCUT2D eigenvalue weighted by molar-refractivity contribution is 9.10. The molecule has 0 amide bonds. The molecule has 0 aliphatic rings. The van der Waals surface area contributed by atoms with E-state index in [1.165, 1.54) is 7.11 Å². The van der Waals surface area contributed by atoms with E-state index < -0.39 is 6.04 Å². The van der Waals surface area contributed by atoms with E-state index in [9.17, 15) is 0 Å². The summed E-state index contributed by atoms with van der Waals surface area (Å²) in [6.45, 7) is -0.126. The highest BCUT2D eigenvalue weighted by Gasteiger charge is 2.14. The third-order valence-electron chi connectivity index (χ3n) is 1.69. The van der Waals surface area contributed by atoms with Crippen LogP contribution in [0.25, 0.3) is 0 Å². The average molecular weight is 247 g/mol. The Morgan fingerprint density at radius 3 is 2.92 bits per heavy atom. The molecule has 4 nitrogen and oxygen atoms in total. The number of halogens is 1. The van der Waals surface area contributed by atoms with Crippen LogP contribution in [0.4, 0.5) is 0 Å². The first-order valence-electron chi connectivity index (χ1n) is 3.74. The van der Waals surface area contributed by atoms with Gasteiger partial charge >= 0.3 is 0 Å². The second kappa shape index (κ2) is 4.55. The number of hydrogen-bond acceptors (Lipinski definition) is 4. The van der Waals surface area contributed by atoms with E-state index in [1.807, 2.05) is 0 Å². The monoisotopic (exact) mass is 246 g/mol. The summed E-state index contributed by atoms with van der Waals surface area (Å²) < 4.78 is 5.81. The highest BCUT2D eigenvalue weighted by Crippen LogP contribution is 2.29. The van der Waals surface area contributed by atoms with Gasteiger partial charge in [-0.3, -0.25) is 4.98 Å². The van der Waals surface area contributed by atoms with Crippen LogP contribution in [-0.2, 0) is 0 Å². The third kappa shape index (κ3) is 2.18. The minimum atomic E-state index is -0.452. The predicted molar refractivity (Wildman–Crippen MR) is 52.5 cm³/mol. The second-order valence-electron chi connectivity index (χ2n) is 2.53. The Balaban J connectivity index is 3.14. The van der Waals surface area contributed by atoms with Crippen LogP contribution in [0.3, 0.4) is 0 Å². The molecule has 0 aliphatic carbocycles. The van der Waals surface area contributed by atoms with Crippen molar-refractivity contribution in [3.63, 3.8) is 0 Å². The fraction of sp³-hybridized carbons (Fsp3) is 0.375. The lowest BCUT2D eigenvalue weighted by atomic mass is 10.1. The summed E-state index contributed by atoms with van der Waals surface area (Å²) in [6.07, 6.45) is 3.18. The fourth-order valence-corrected chi connectivity index (χ4v) is 1.65. The van der Waals surface area contributed by atoms with E-state index in [0.717, 1.165) is 10.0 Å². The highest BCUT2D eigenvalue weighted by atomic mass is 79.9. The number of nitrogens with zero attached hydrogens (tertiary/aromatic N) is 1. The molecule has 3 N–H and O–H groups in total. The van der Waals surface area contributed by atoms with Crippen molar-refractivity contribution in [3.8, 4) is 5.75 Å². The SMILES string of the molecule is COc1cncc(Br)c1[C@@H](N)CO. The maximum absolute atomic E-state index is 8.91. The van der Waals surface area contributed by atoms with Gasteiger partial charge in [-0.05, 0) is 15.9 Å². The van der Waals surface area contributed by atoms with Crippen LogP contribution < -0.4 is 10.5 Å². The molecule has 0 unspecified atom stereocenters. The van der Waals surface area contributed by atoms with Gasteiger partial charge in [0.15, 0.2) is 0 Å². The van der Waals surface area contributed by atoms with Crippen molar-refractivity contribution in [2.24, 2.45) is 5.73 Å². The Kier molecular flexibility index (Phi) is 3.65. The number of pyridine rings is 1. The van der Waals surface area contributed by atoms with E-state index in [2.05, 4.69) is 20.9 Å². The van der Waals surface area contributed by atoms with Crippen molar-refractivity contribution in [3.05, 3.63) is 22.4 Å². The molecule has 13 heavy (non-hydrogen) atoms. The number of aliphatic hydroxyl groups is 1. The molecular formula is C8H11BrN2O2. The van der Waals surface area contributed by atoms with Crippen LogP contribution in [0.5, 0.6) is 5.75 Å². The summed E-state index contributed by atoms with van der Waals surface area (Å²) in [4.78, 5) is 3.92. The molecule has 0 saturated heterocycles. The van der Waals surface area contributed by atoms with Gasteiger partial charge in [-0.2, -0.15) is 0 Å². The lowest BCUT2D eigenvalue weighted by Crippen LogP contribution is -2.16. The Hall–Kier alpha value is -0.650. The smallest absolute Gasteiger partial charge is 0.143 e. The third-order valence-corrected chi connectivity index (χ3v) is 2.32. The molecule has 72 valence electrons. The molecule has 0 aliphatic heterocycles. The molecule has 0 aromatic carbocycles. The van der Waals surface area contributed by atoms with E-state index in [4.69, 9.17) is 15.6 Å². The summed E-state index contributed by atoms with van der Waals surface area (Å²) in [5.74, 6) is 0.580. The van der Waals surface area contributed by atoms with E-state index >= 15 is 0 Å². The molecule has 0 bridgehead atoms.